The first kappa shape index (κ1) is 16.7. The number of nitrogens with two attached hydrogens (primary N) is 1. The molecule has 0 aromatic heterocycles. The number of piperazine rings is 1. The number of amides is 1. The summed E-state index contributed by atoms with van der Waals surface area (Å²) in [5, 5.41) is 0. The van der Waals surface area contributed by atoms with Gasteiger partial charge in [-0.05, 0) is 26.7 Å². The zero-order chi connectivity index (χ0) is 15.5. The molecule has 0 aromatic carbocycles. The molecule has 0 aromatic rings. The van der Waals surface area contributed by atoms with Crippen molar-refractivity contribution in [2.75, 3.05) is 39.9 Å². The molecule has 1 saturated heterocycles. The van der Waals surface area contributed by atoms with Crippen LogP contribution < -0.4 is 5.73 Å². The summed E-state index contributed by atoms with van der Waals surface area (Å²) in [6.45, 7) is 8.50. The van der Waals surface area contributed by atoms with Crippen LogP contribution in [0, 0.1) is 5.92 Å². The number of ether oxygens (including phenoxy) is 1. The summed E-state index contributed by atoms with van der Waals surface area (Å²) in [6, 6.07) is 0.394. The van der Waals surface area contributed by atoms with Gasteiger partial charge in [-0.25, -0.2) is 0 Å². The summed E-state index contributed by atoms with van der Waals surface area (Å²) in [7, 11) is 1.73. The van der Waals surface area contributed by atoms with Gasteiger partial charge in [0.2, 0.25) is 5.91 Å². The van der Waals surface area contributed by atoms with Crippen molar-refractivity contribution < 1.29 is 9.53 Å². The van der Waals surface area contributed by atoms with Crippen LogP contribution in [-0.2, 0) is 9.53 Å². The topological polar surface area (TPSA) is 58.8 Å². The molecule has 2 rings (SSSR count). The zero-order valence-corrected chi connectivity index (χ0v) is 13.8. The Bertz CT molecular complexity index is 359. The molecule has 2 N–H and O–H groups in total. The monoisotopic (exact) mass is 297 g/mol. The van der Waals surface area contributed by atoms with E-state index in [1.54, 1.807) is 7.11 Å². The molecule has 1 aliphatic carbocycles. The number of methoxy groups -OCH3 is 1. The lowest BCUT2D eigenvalue weighted by Crippen LogP contribution is -2.59. The molecule has 0 radical (unpaired) electrons. The molecule has 5 nitrogen and oxygen atoms in total. The minimum Gasteiger partial charge on any atom is -0.383 e. The van der Waals surface area contributed by atoms with Gasteiger partial charge in [-0.1, -0.05) is 12.8 Å². The molecule has 1 amide bonds. The summed E-state index contributed by atoms with van der Waals surface area (Å²) in [5.41, 5.74) is 6.06. The van der Waals surface area contributed by atoms with Crippen molar-refractivity contribution in [3.8, 4) is 0 Å². The Balaban J connectivity index is 1.92. The van der Waals surface area contributed by atoms with E-state index >= 15 is 0 Å². The van der Waals surface area contributed by atoms with Gasteiger partial charge in [0, 0.05) is 44.9 Å². The quantitative estimate of drug-likeness (QED) is 0.843. The zero-order valence-electron chi connectivity index (χ0n) is 13.8. The Hall–Kier alpha value is -0.650. The normalized spacial score (nSPS) is 35.0. The minimum atomic E-state index is -0.328. The molecule has 2 fully saturated rings. The smallest absolute Gasteiger partial charge is 0.227 e. The number of nitrogens with zero attached hydrogens (tertiary/aromatic N) is 2. The van der Waals surface area contributed by atoms with Gasteiger partial charge in [-0.3, -0.25) is 9.69 Å². The molecule has 1 saturated carbocycles. The Morgan fingerprint density at radius 2 is 2.14 bits per heavy atom. The first-order chi connectivity index (χ1) is 9.95. The third-order valence-electron chi connectivity index (χ3n) is 5.21. The third-order valence-corrected chi connectivity index (χ3v) is 5.21. The van der Waals surface area contributed by atoms with Crippen LogP contribution in [0.25, 0.3) is 0 Å². The van der Waals surface area contributed by atoms with Crippen molar-refractivity contribution in [1.29, 1.82) is 0 Å². The Morgan fingerprint density at radius 3 is 2.76 bits per heavy atom. The average molecular weight is 297 g/mol. The van der Waals surface area contributed by atoms with E-state index in [4.69, 9.17) is 10.5 Å². The molecule has 5 heteroatoms. The first-order valence-electron chi connectivity index (χ1n) is 8.26. The van der Waals surface area contributed by atoms with Crippen molar-refractivity contribution in [2.24, 2.45) is 11.7 Å². The number of hydrogen-bond donors (Lipinski definition) is 1. The summed E-state index contributed by atoms with van der Waals surface area (Å²) in [5.74, 6) is 0.280. The summed E-state index contributed by atoms with van der Waals surface area (Å²) in [6.07, 6.45) is 4.20. The van der Waals surface area contributed by atoms with Crippen molar-refractivity contribution in [3.63, 3.8) is 0 Å². The van der Waals surface area contributed by atoms with Crippen LogP contribution in [0.2, 0.25) is 0 Å². The van der Waals surface area contributed by atoms with Crippen LogP contribution >= 0.6 is 0 Å². The van der Waals surface area contributed by atoms with E-state index in [9.17, 15) is 4.79 Å². The largest absolute Gasteiger partial charge is 0.383 e. The SMILES string of the molecule is COCCN1CCN(C(=O)C2CCCCC2(C)N)CC1C. The van der Waals surface area contributed by atoms with Crippen LogP contribution in [0.15, 0.2) is 0 Å². The fraction of sp³-hybridized carbons (Fsp3) is 0.938. The minimum absolute atomic E-state index is 0.00368. The maximum Gasteiger partial charge on any atom is 0.227 e. The van der Waals surface area contributed by atoms with Crippen LogP contribution in [-0.4, -0.2) is 67.2 Å². The van der Waals surface area contributed by atoms with Crippen LogP contribution in [0.3, 0.4) is 0 Å². The molecular weight excluding hydrogens is 266 g/mol. The van der Waals surface area contributed by atoms with Gasteiger partial charge >= 0.3 is 0 Å². The number of rotatable bonds is 4. The molecule has 0 bridgehead atoms. The Morgan fingerprint density at radius 1 is 1.38 bits per heavy atom. The maximum atomic E-state index is 12.8. The highest BCUT2D eigenvalue weighted by atomic mass is 16.5. The molecule has 1 aliphatic heterocycles. The number of carbonyl (C=O) groups excluding carboxylic acids is 1. The first-order valence-corrected chi connectivity index (χ1v) is 8.26. The molecule has 0 spiro atoms. The van der Waals surface area contributed by atoms with Gasteiger partial charge < -0.3 is 15.4 Å². The van der Waals surface area contributed by atoms with Crippen molar-refractivity contribution in [1.82, 2.24) is 9.80 Å². The van der Waals surface area contributed by atoms with Crippen LogP contribution in [0.5, 0.6) is 0 Å². The highest BCUT2D eigenvalue weighted by molar-refractivity contribution is 5.80. The second kappa shape index (κ2) is 7.07. The molecule has 122 valence electrons. The molecule has 1 heterocycles. The van der Waals surface area contributed by atoms with E-state index in [1.165, 1.54) is 0 Å². The molecule has 3 atom stereocenters. The standard InChI is InChI=1S/C16H31N3O2/c1-13-12-19(9-8-18(13)10-11-21-3)15(20)14-6-4-5-7-16(14,2)17/h13-14H,4-12,17H2,1-3H3. The van der Waals surface area contributed by atoms with Gasteiger partial charge in [0.1, 0.15) is 0 Å². The van der Waals surface area contributed by atoms with Gasteiger partial charge in [0.25, 0.3) is 0 Å². The van der Waals surface area contributed by atoms with Gasteiger partial charge in [-0.15, -0.1) is 0 Å². The van der Waals surface area contributed by atoms with Crippen molar-refractivity contribution >= 4 is 5.91 Å². The summed E-state index contributed by atoms with van der Waals surface area (Å²) in [4.78, 5) is 17.3. The predicted octanol–water partition coefficient (Wildman–Crippen LogP) is 1.07. The average Bonchev–Trinajstić information content (AvgIpc) is 2.45. The lowest BCUT2D eigenvalue weighted by atomic mass is 9.74. The maximum absolute atomic E-state index is 12.8. The highest BCUT2D eigenvalue weighted by Gasteiger charge is 2.41. The van der Waals surface area contributed by atoms with Crippen LogP contribution in [0.1, 0.15) is 39.5 Å². The molecular formula is C16H31N3O2. The van der Waals surface area contributed by atoms with E-state index in [1.807, 2.05) is 11.8 Å². The molecule has 2 aliphatic rings. The lowest BCUT2D eigenvalue weighted by Gasteiger charge is -2.44. The van der Waals surface area contributed by atoms with E-state index in [0.717, 1.165) is 58.5 Å². The number of hydrogen-bond acceptors (Lipinski definition) is 4. The Kier molecular flexibility index (Phi) is 5.63. The fourth-order valence-electron chi connectivity index (χ4n) is 3.72. The van der Waals surface area contributed by atoms with E-state index in [0.29, 0.717) is 6.04 Å². The van der Waals surface area contributed by atoms with Gasteiger partial charge in [0.15, 0.2) is 0 Å². The van der Waals surface area contributed by atoms with Crippen molar-refractivity contribution in [3.05, 3.63) is 0 Å². The van der Waals surface area contributed by atoms with Crippen LogP contribution in [0.4, 0.5) is 0 Å². The summed E-state index contributed by atoms with van der Waals surface area (Å²) < 4.78 is 5.15. The lowest BCUT2D eigenvalue weighted by molar-refractivity contribution is -0.142. The van der Waals surface area contributed by atoms with Gasteiger partial charge in [-0.2, -0.15) is 0 Å². The highest BCUT2D eigenvalue weighted by Crippen LogP contribution is 2.33. The van der Waals surface area contributed by atoms with E-state index in [-0.39, 0.29) is 17.4 Å². The number of carbonyl (C=O) groups is 1. The molecule has 3 unspecified atom stereocenters. The second-order valence-corrected chi connectivity index (χ2v) is 6.97. The van der Waals surface area contributed by atoms with E-state index < -0.39 is 0 Å². The Labute approximate surface area is 128 Å². The van der Waals surface area contributed by atoms with Gasteiger partial charge in [0.05, 0.1) is 12.5 Å². The molecule has 21 heavy (non-hydrogen) atoms. The predicted molar refractivity (Wildman–Crippen MR) is 84.0 cm³/mol. The van der Waals surface area contributed by atoms with E-state index in [2.05, 4.69) is 11.8 Å². The second-order valence-electron chi connectivity index (χ2n) is 6.97. The summed E-state index contributed by atoms with van der Waals surface area (Å²) >= 11 is 0. The fourth-order valence-corrected chi connectivity index (χ4v) is 3.72. The third kappa shape index (κ3) is 3.96. The van der Waals surface area contributed by atoms with Crippen molar-refractivity contribution in [2.45, 2.75) is 51.1 Å².